The van der Waals surface area contributed by atoms with Crippen molar-refractivity contribution in [2.24, 2.45) is 5.41 Å². The van der Waals surface area contributed by atoms with Crippen LogP contribution in [0.4, 0.5) is 0 Å². The van der Waals surface area contributed by atoms with Crippen molar-refractivity contribution in [1.29, 1.82) is 0 Å². The van der Waals surface area contributed by atoms with E-state index in [0.717, 1.165) is 0 Å². The lowest BCUT2D eigenvalue weighted by atomic mass is 9.81. The van der Waals surface area contributed by atoms with Gasteiger partial charge in [-0.3, -0.25) is 0 Å². The zero-order valence-electron chi connectivity index (χ0n) is 9.77. The third kappa shape index (κ3) is 2.09. The Bertz CT molecular complexity index is 347. The number of hydrogen-bond acceptors (Lipinski definition) is 1. The maximum Gasteiger partial charge on any atom is 0.0649 e. The summed E-state index contributed by atoms with van der Waals surface area (Å²) in [6.45, 7) is 6.71. The van der Waals surface area contributed by atoms with Gasteiger partial charge in [-0.05, 0) is 43.7 Å². The summed E-state index contributed by atoms with van der Waals surface area (Å²) in [4.78, 5) is 2.79. The standard InChI is InChI=1S/C13H19ClS/c1-9-8-11(10(2)15-9)12(14)13(3)6-4-5-7-13/h8,12H,4-7H2,1-3H3. The Hall–Kier alpha value is -0.0100. The van der Waals surface area contributed by atoms with Crippen LogP contribution in [0.3, 0.4) is 0 Å². The van der Waals surface area contributed by atoms with E-state index in [1.165, 1.54) is 41.0 Å². The van der Waals surface area contributed by atoms with Gasteiger partial charge in [0, 0.05) is 9.75 Å². The fourth-order valence-corrected chi connectivity index (χ4v) is 4.19. The maximum absolute atomic E-state index is 6.68. The van der Waals surface area contributed by atoms with Gasteiger partial charge in [0.2, 0.25) is 0 Å². The van der Waals surface area contributed by atoms with Crippen LogP contribution in [0, 0.1) is 19.3 Å². The molecule has 2 heteroatoms. The molecule has 84 valence electrons. The van der Waals surface area contributed by atoms with Gasteiger partial charge in [-0.25, -0.2) is 0 Å². The Morgan fingerprint density at radius 2 is 1.93 bits per heavy atom. The summed E-state index contributed by atoms with van der Waals surface area (Å²) < 4.78 is 0. The normalized spacial score (nSPS) is 21.9. The van der Waals surface area contributed by atoms with Gasteiger partial charge in [-0.2, -0.15) is 0 Å². The largest absolute Gasteiger partial charge is 0.146 e. The Morgan fingerprint density at radius 3 is 2.40 bits per heavy atom. The van der Waals surface area contributed by atoms with Crippen LogP contribution in [0.1, 0.15) is 53.3 Å². The van der Waals surface area contributed by atoms with Crippen molar-refractivity contribution >= 4 is 22.9 Å². The van der Waals surface area contributed by atoms with Gasteiger partial charge in [0.15, 0.2) is 0 Å². The van der Waals surface area contributed by atoms with Crippen molar-refractivity contribution in [3.05, 3.63) is 21.4 Å². The molecule has 1 unspecified atom stereocenters. The van der Waals surface area contributed by atoms with E-state index < -0.39 is 0 Å². The average Bonchev–Trinajstić information content (AvgIpc) is 2.73. The first kappa shape index (κ1) is 11.5. The lowest BCUT2D eigenvalue weighted by Crippen LogP contribution is -2.18. The van der Waals surface area contributed by atoms with Crippen molar-refractivity contribution in [2.75, 3.05) is 0 Å². The summed E-state index contributed by atoms with van der Waals surface area (Å²) in [5.41, 5.74) is 1.71. The molecular formula is C13H19ClS. The van der Waals surface area contributed by atoms with Crippen LogP contribution in [-0.4, -0.2) is 0 Å². The van der Waals surface area contributed by atoms with Gasteiger partial charge < -0.3 is 0 Å². The zero-order valence-corrected chi connectivity index (χ0v) is 11.3. The van der Waals surface area contributed by atoms with Crippen molar-refractivity contribution in [2.45, 2.75) is 51.8 Å². The molecule has 0 aliphatic heterocycles. The van der Waals surface area contributed by atoms with Crippen molar-refractivity contribution in [3.8, 4) is 0 Å². The molecule has 0 radical (unpaired) electrons. The maximum atomic E-state index is 6.68. The first-order valence-corrected chi connectivity index (χ1v) is 6.99. The van der Waals surface area contributed by atoms with Gasteiger partial charge in [-0.1, -0.05) is 19.8 Å². The highest BCUT2D eigenvalue weighted by molar-refractivity contribution is 7.12. The van der Waals surface area contributed by atoms with Crippen molar-refractivity contribution in [1.82, 2.24) is 0 Å². The molecule has 15 heavy (non-hydrogen) atoms. The van der Waals surface area contributed by atoms with E-state index >= 15 is 0 Å². The minimum absolute atomic E-state index is 0.213. The summed E-state index contributed by atoms with van der Waals surface area (Å²) in [5, 5.41) is 0.213. The number of hydrogen-bond donors (Lipinski definition) is 0. The first-order chi connectivity index (χ1) is 7.03. The first-order valence-electron chi connectivity index (χ1n) is 5.74. The number of thiophene rings is 1. The smallest absolute Gasteiger partial charge is 0.0649 e. The number of rotatable bonds is 2. The molecule has 1 heterocycles. The molecule has 1 aromatic rings. The average molecular weight is 243 g/mol. The molecule has 1 aliphatic rings. The summed E-state index contributed by atoms with van der Waals surface area (Å²) in [6, 6.07) is 2.28. The lowest BCUT2D eigenvalue weighted by Gasteiger charge is -2.29. The molecule has 1 aliphatic carbocycles. The SMILES string of the molecule is Cc1cc(C(Cl)C2(C)CCCC2)c(C)s1. The van der Waals surface area contributed by atoms with Gasteiger partial charge >= 0.3 is 0 Å². The van der Waals surface area contributed by atoms with Crippen LogP contribution in [0.15, 0.2) is 6.07 Å². The molecule has 0 nitrogen and oxygen atoms in total. The topological polar surface area (TPSA) is 0 Å². The highest BCUT2D eigenvalue weighted by atomic mass is 35.5. The van der Waals surface area contributed by atoms with Crippen molar-refractivity contribution < 1.29 is 0 Å². The number of aryl methyl sites for hydroxylation is 2. The molecule has 2 rings (SSSR count). The quantitative estimate of drug-likeness (QED) is 0.624. The predicted octanol–water partition coefficient (Wildman–Crippen LogP) is 5.23. The van der Waals surface area contributed by atoms with E-state index in [-0.39, 0.29) is 5.38 Å². The molecule has 0 amide bonds. The third-order valence-corrected chi connectivity index (χ3v) is 5.45. The predicted molar refractivity (Wildman–Crippen MR) is 69.0 cm³/mol. The molecule has 1 saturated carbocycles. The van der Waals surface area contributed by atoms with Crippen LogP contribution in [0.5, 0.6) is 0 Å². The molecule has 1 fully saturated rings. The summed E-state index contributed by atoms with van der Waals surface area (Å²) >= 11 is 8.55. The van der Waals surface area contributed by atoms with Gasteiger partial charge in [0.05, 0.1) is 5.38 Å². The highest BCUT2D eigenvalue weighted by Gasteiger charge is 2.37. The van der Waals surface area contributed by atoms with Crippen molar-refractivity contribution in [3.63, 3.8) is 0 Å². The summed E-state index contributed by atoms with van der Waals surface area (Å²) in [7, 11) is 0. The molecule has 0 bridgehead atoms. The minimum Gasteiger partial charge on any atom is -0.146 e. The van der Waals surface area contributed by atoms with E-state index in [2.05, 4.69) is 26.8 Å². The Balaban J connectivity index is 2.27. The van der Waals surface area contributed by atoms with E-state index in [0.29, 0.717) is 5.41 Å². The molecule has 0 spiro atoms. The second kappa shape index (κ2) is 4.10. The van der Waals surface area contributed by atoms with E-state index in [9.17, 15) is 0 Å². The van der Waals surface area contributed by atoms with Crippen LogP contribution in [-0.2, 0) is 0 Å². The van der Waals surface area contributed by atoms with Crippen LogP contribution in [0.25, 0.3) is 0 Å². The second-order valence-electron chi connectivity index (χ2n) is 5.09. The Kier molecular flexibility index (Phi) is 3.14. The summed E-state index contributed by atoms with van der Waals surface area (Å²) in [6.07, 6.45) is 5.27. The van der Waals surface area contributed by atoms with E-state index in [1.54, 1.807) is 0 Å². The fraction of sp³-hybridized carbons (Fsp3) is 0.692. The van der Waals surface area contributed by atoms with E-state index in [4.69, 9.17) is 11.6 Å². The molecule has 0 N–H and O–H groups in total. The van der Waals surface area contributed by atoms with Gasteiger partial charge in [0.1, 0.15) is 0 Å². The highest BCUT2D eigenvalue weighted by Crippen LogP contribution is 2.51. The lowest BCUT2D eigenvalue weighted by molar-refractivity contribution is 0.321. The van der Waals surface area contributed by atoms with Crippen LogP contribution < -0.4 is 0 Å². The molecule has 1 aromatic heterocycles. The molecular weight excluding hydrogens is 224 g/mol. The van der Waals surface area contributed by atoms with Crippen LogP contribution in [0.2, 0.25) is 0 Å². The van der Waals surface area contributed by atoms with E-state index in [1.807, 2.05) is 11.3 Å². The number of halogens is 1. The Morgan fingerprint density at radius 1 is 1.33 bits per heavy atom. The van der Waals surface area contributed by atoms with Gasteiger partial charge in [0.25, 0.3) is 0 Å². The fourth-order valence-electron chi connectivity index (χ4n) is 2.71. The zero-order chi connectivity index (χ0) is 11.1. The second-order valence-corrected chi connectivity index (χ2v) is 6.99. The molecule has 1 atom stereocenters. The van der Waals surface area contributed by atoms with Gasteiger partial charge in [-0.15, -0.1) is 22.9 Å². The molecule has 0 aromatic carbocycles. The monoisotopic (exact) mass is 242 g/mol. The number of alkyl halides is 1. The third-order valence-electron chi connectivity index (χ3n) is 3.71. The summed E-state index contributed by atoms with van der Waals surface area (Å²) in [5.74, 6) is 0. The Labute approximate surface area is 102 Å². The molecule has 0 saturated heterocycles. The minimum atomic E-state index is 0.213. The van der Waals surface area contributed by atoms with Crippen LogP contribution >= 0.6 is 22.9 Å².